The molecule has 0 saturated carbocycles. The van der Waals surface area contributed by atoms with Crippen LogP contribution in [0.4, 0.5) is 13.2 Å². The molecule has 2 rings (SSSR count). The Hall–Kier alpha value is -2.03. The molecule has 6 heteroatoms. The van der Waals surface area contributed by atoms with Crippen molar-refractivity contribution in [3.8, 4) is 6.07 Å². The van der Waals surface area contributed by atoms with Gasteiger partial charge in [-0.05, 0) is 18.6 Å². The number of alkyl halides is 3. The van der Waals surface area contributed by atoms with Gasteiger partial charge in [0.05, 0.1) is 11.1 Å². The predicted octanol–water partition coefficient (Wildman–Crippen LogP) is 3.32. The van der Waals surface area contributed by atoms with Gasteiger partial charge in [-0.2, -0.15) is 18.4 Å². The number of aryl methyl sites for hydroxylation is 1. The highest BCUT2D eigenvalue weighted by Gasteiger charge is 2.26. The van der Waals surface area contributed by atoms with E-state index in [2.05, 4.69) is 9.97 Å². The van der Waals surface area contributed by atoms with Crippen LogP contribution in [0.5, 0.6) is 0 Å². The number of nitrogens with one attached hydrogen (secondary N) is 1. The van der Waals surface area contributed by atoms with Crippen LogP contribution < -0.4 is 0 Å². The van der Waals surface area contributed by atoms with Gasteiger partial charge in [-0.3, -0.25) is 0 Å². The lowest BCUT2D eigenvalue weighted by atomic mass is 10.2. The number of H-pyrrole nitrogens is 1. The Kier molecular flexibility index (Phi) is 3.24. The van der Waals surface area contributed by atoms with E-state index in [1.54, 1.807) is 18.2 Å². The first-order valence-electron chi connectivity index (χ1n) is 5.44. The molecule has 1 aromatic heterocycles. The maximum absolute atomic E-state index is 12.0. The van der Waals surface area contributed by atoms with Gasteiger partial charge in [0.1, 0.15) is 17.4 Å². The molecule has 0 aliphatic heterocycles. The molecule has 1 aromatic carbocycles. The van der Waals surface area contributed by atoms with Gasteiger partial charge in [0, 0.05) is 12.8 Å². The topological polar surface area (TPSA) is 52.5 Å². The molecule has 0 atom stereocenters. The van der Waals surface area contributed by atoms with Crippen LogP contribution in [-0.4, -0.2) is 16.1 Å². The van der Waals surface area contributed by atoms with Crippen LogP contribution in [0.3, 0.4) is 0 Å². The first-order valence-corrected chi connectivity index (χ1v) is 5.44. The zero-order valence-corrected chi connectivity index (χ0v) is 9.38. The third-order valence-corrected chi connectivity index (χ3v) is 2.56. The lowest BCUT2D eigenvalue weighted by molar-refractivity contribution is -0.135. The van der Waals surface area contributed by atoms with E-state index >= 15 is 0 Å². The number of para-hydroxylation sites is 1. The van der Waals surface area contributed by atoms with E-state index in [9.17, 15) is 13.2 Å². The van der Waals surface area contributed by atoms with Gasteiger partial charge in [0.15, 0.2) is 0 Å². The Morgan fingerprint density at radius 1 is 1.33 bits per heavy atom. The quantitative estimate of drug-likeness (QED) is 0.912. The van der Waals surface area contributed by atoms with Crippen molar-refractivity contribution in [1.29, 1.82) is 5.26 Å². The summed E-state index contributed by atoms with van der Waals surface area (Å²) in [6, 6.07) is 7.08. The second-order valence-electron chi connectivity index (χ2n) is 3.97. The zero-order valence-electron chi connectivity index (χ0n) is 9.38. The minimum atomic E-state index is -4.14. The van der Waals surface area contributed by atoms with E-state index in [-0.39, 0.29) is 12.8 Å². The van der Waals surface area contributed by atoms with Crippen LogP contribution in [0.1, 0.15) is 24.2 Å². The molecule has 1 heterocycles. The maximum Gasteiger partial charge on any atom is 0.389 e. The van der Waals surface area contributed by atoms with Gasteiger partial charge in [-0.15, -0.1) is 0 Å². The average Bonchev–Trinajstić information content (AvgIpc) is 2.69. The minimum Gasteiger partial charge on any atom is -0.342 e. The fraction of sp³-hybridized carbons (Fsp3) is 0.333. The molecule has 0 unspecified atom stereocenters. The summed E-state index contributed by atoms with van der Waals surface area (Å²) in [6.45, 7) is 0. The van der Waals surface area contributed by atoms with Crippen molar-refractivity contribution in [3.63, 3.8) is 0 Å². The Morgan fingerprint density at radius 3 is 2.78 bits per heavy atom. The molecule has 0 fully saturated rings. The van der Waals surface area contributed by atoms with Gasteiger partial charge in [0.25, 0.3) is 0 Å². The number of benzene rings is 1. The summed E-state index contributed by atoms with van der Waals surface area (Å²) in [5, 5.41) is 8.87. The van der Waals surface area contributed by atoms with Crippen LogP contribution in [0, 0.1) is 11.3 Å². The number of hydrogen-bond acceptors (Lipinski definition) is 2. The van der Waals surface area contributed by atoms with Crippen LogP contribution in [0.25, 0.3) is 11.0 Å². The maximum atomic E-state index is 12.0. The SMILES string of the molecule is N#Cc1cccc2[nH]c(CCCC(F)(F)F)nc12. The Balaban J connectivity index is 2.14. The van der Waals surface area contributed by atoms with Crippen LogP contribution >= 0.6 is 0 Å². The Labute approximate surface area is 101 Å². The van der Waals surface area contributed by atoms with Crippen molar-refractivity contribution in [2.45, 2.75) is 25.4 Å². The third kappa shape index (κ3) is 2.80. The second kappa shape index (κ2) is 4.69. The standard InChI is InChI=1S/C12H10F3N3/c13-12(14,15)6-2-5-10-17-9-4-1-3-8(7-16)11(9)18-10/h1,3-4H,2,5-6H2,(H,17,18). The molecule has 1 N–H and O–H groups in total. The smallest absolute Gasteiger partial charge is 0.342 e. The van der Waals surface area contributed by atoms with Gasteiger partial charge in [-0.1, -0.05) is 6.07 Å². The normalized spacial score (nSPS) is 11.7. The van der Waals surface area contributed by atoms with Crippen molar-refractivity contribution in [1.82, 2.24) is 9.97 Å². The van der Waals surface area contributed by atoms with E-state index < -0.39 is 12.6 Å². The predicted molar refractivity (Wildman–Crippen MR) is 59.8 cm³/mol. The summed E-state index contributed by atoms with van der Waals surface area (Å²) < 4.78 is 36.0. The van der Waals surface area contributed by atoms with E-state index in [0.29, 0.717) is 22.4 Å². The molecule has 0 amide bonds. The molecule has 0 aliphatic carbocycles. The molecule has 0 spiro atoms. The Morgan fingerprint density at radius 2 is 2.11 bits per heavy atom. The molecular formula is C12H10F3N3. The number of imidazole rings is 1. The van der Waals surface area contributed by atoms with E-state index in [0.717, 1.165) is 0 Å². The van der Waals surface area contributed by atoms with Gasteiger partial charge >= 0.3 is 6.18 Å². The molecule has 3 nitrogen and oxygen atoms in total. The van der Waals surface area contributed by atoms with Crippen molar-refractivity contribution < 1.29 is 13.2 Å². The van der Waals surface area contributed by atoms with Gasteiger partial charge < -0.3 is 4.98 Å². The lowest BCUT2D eigenvalue weighted by Crippen LogP contribution is -2.07. The highest BCUT2D eigenvalue weighted by Crippen LogP contribution is 2.23. The fourth-order valence-corrected chi connectivity index (χ4v) is 1.75. The zero-order chi connectivity index (χ0) is 13.2. The molecule has 0 radical (unpaired) electrons. The summed E-state index contributed by atoms with van der Waals surface area (Å²) in [6.07, 6.45) is -4.75. The number of fused-ring (bicyclic) bond motifs is 1. The number of rotatable bonds is 3. The molecule has 2 aromatic rings. The second-order valence-corrected chi connectivity index (χ2v) is 3.97. The van der Waals surface area contributed by atoms with Crippen LogP contribution in [0.2, 0.25) is 0 Å². The lowest BCUT2D eigenvalue weighted by Gasteiger charge is -2.03. The number of aromatic amines is 1. The number of hydrogen-bond donors (Lipinski definition) is 1. The molecule has 0 saturated heterocycles. The number of aromatic nitrogens is 2. The highest BCUT2D eigenvalue weighted by molar-refractivity contribution is 5.81. The van der Waals surface area contributed by atoms with Crippen LogP contribution in [0.15, 0.2) is 18.2 Å². The summed E-state index contributed by atoms with van der Waals surface area (Å²) >= 11 is 0. The monoisotopic (exact) mass is 253 g/mol. The summed E-state index contributed by atoms with van der Waals surface area (Å²) in [5.41, 5.74) is 1.61. The van der Waals surface area contributed by atoms with E-state index in [4.69, 9.17) is 5.26 Å². The highest BCUT2D eigenvalue weighted by atomic mass is 19.4. The average molecular weight is 253 g/mol. The largest absolute Gasteiger partial charge is 0.389 e. The summed E-state index contributed by atoms with van der Waals surface area (Å²) in [5.74, 6) is 0.483. The van der Waals surface area contributed by atoms with Crippen molar-refractivity contribution in [2.75, 3.05) is 0 Å². The molecule has 18 heavy (non-hydrogen) atoms. The Bertz CT molecular complexity index is 593. The van der Waals surface area contributed by atoms with Crippen LogP contribution in [-0.2, 0) is 6.42 Å². The van der Waals surface area contributed by atoms with Crippen molar-refractivity contribution in [3.05, 3.63) is 29.6 Å². The third-order valence-electron chi connectivity index (χ3n) is 2.56. The molecule has 94 valence electrons. The minimum absolute atomic E-state index is 0.00872. The van der Waals surface area contributed by atoms with Crippen molar-refractivity contribution in [2.24, 2.45) is 0 Å². The fourth-order valence-electron chi connectivity index (χ4n) is 1.75. The van der Waals surface area contributed by atoms with Gasteiger partial charge in [0.2, 0.25) is 0 Å². The van der Waals surface area contributed by atoms with E-state index in [1.807, 2.05) is 6.07 Å². The van der Waals surface area contributed by atoms with E-state index in [1.165, 1.54) is 0 Å². The van der Waals surface area contributed by atoms with Gasteiger partial charge in [-0.25, -0.2) is 4.98 Å². The molecule has 0 aliphatic rings. The number of nitriles is 1. The number of halogens is 3. The molecule has 0 bridgehead atoms. The first kappa shape index (κ1) is 12.4. The number of nitrogens with zero attached hydrogens (tertiary/aromatic N) is 2. The summed E-state index contributed by atoms with van der Waals surface area (Å²) in [4.78, 5) is 7.08. The molecular weight excluding hydrogens is 243 g/mol. The summed E-state index contributed by atoms with van der Waals surface area (Å²) in [7, 11) is 0. The van der Waals surface area contributed by atoms with Crippen molar-refractivity contribution >= 4 is 11.0 Å². The first-order chi connectivity index (χ1) is 8.49.